The number of rotatable bonds is 3. The van der Waals surface area contributed by atoms with Crippen LogP contribution in [-0.4, -0.2) is 74.4 Å². The smallest absolute Gasteiger partial charge is 0.302 e. The standard InChI is InChI=1S/C29H35N3O8/c1-15(2)9-24-31-21-10-17(37-6)7-8-19(21)20-12-29(36)27(35)30-14-18(38-16(3)33)11-22(30)26(34)32(29)23(25(20)31)13-28(4,5)40-39-24/h7-10,18,22-24,36H,11-14H2,1-6H3/t18?,22?,23-,24?,29+/m0/s1. The van der Waals surface area contributed by atoms with E-state index in [2.05, 4.69) is 0 Å². The van der Waals surface area contributed by atoms with Gasteiger partial charge in [-0.3, -0.25) is 19.3 Å². The Morgan fingerprint density at radius 2 is 1.93 bits per heavy atom. The van der Waals surface area contributed by atoms with E-state index in [1.165, 1.54) is 16.7 Å². The SMILES string of the molecule is COc1ccc2c3c4n(c2c1)C(C=C(C)C)OOC(C)(C)C[C@@H]4N1C(=O)C2CC(OC(C)=O)CN2C(=O)[C@]1(O)C3. The third-order valence-electron chi connectivity index (χ3n) is 8.32. The number of benzene rings is 1. The lowest BCUT2D eigenvalue weighted by atomic mass is 9.81. The fourth-order valence-corrected chi connectivity index (χ4v) is 6.82. The number of esters is 1. The van der Waals surface area contributed by atoms with Crippen LogP contribution in [0.25, 0.3) is 10.9 Å². The highest BCUT2D eigenvalue weighted by Crippen LogP contribution is 2.52. The minimum atomic E-state index is -2.11. The van der Waals surface area contributed by atoms with Crippen molar-refractivity contribution in [1.29, 1.82) is 0 Å². The lowest BCUT2D eigenvalue weighted by Crippen LogP contribution is -2.73. The largest absolute Gasteiger partial charge is 0.497 e. The van der Waals surface area contributed by atoms with Gasteiger partial charge >= 0.3 is 5.97 Å². The molecule has 214 valence electrons. The predicted molar refractivity (Wildman–Crippen MR) is 142 cm³/mol. The van der Waals surface area contributed by atoms with Crippen molar-refractivity contribution >= 4 is 28.7 Å². The summed E-state index contributed by atoms with van der Waals surface area (Å²) >= 11 is 0. The van der Waals surface area contributed by atoms with E-state index >= 15 is 0 Å². The zero-order valence-electron chi connectivity index (χ0n) is 23.6. The molecule has 0 spiro atoms. The van der Waals surface area contributed by atoms with Crippen molar-refractivity contribution in [2.24, 2.45) is 0 Å². The van der Waals surface area contributed by atoms with Crippen LogP contribution in [0.3, 0.4) is 0 Å². The van der Waals surface area contributed by atoms with Crippen LogP contribution >= 0.6 is 0 Å². The van der Waals surface area contributed by atoms with Gasteiger partial charge in [-0.1, -0.05) is 5.57 Å². The van der Waals surface area contributed by atoms with Crippen LogP contribution in [0.5, 0.6) is 5.75 Å². The number of amides is 2. The summed E-state index contributed by atoms with van der Waals surface area (Å²) in [5.41, 5.74) is 0.345. The fourth-order valence-electron chi connectivity index (χ4n) is 6.82. The number of aliphatic hydroxyl groups is 1. The average Bonchev–Trinajstić information content (AvgIpc) is 3.42. The normalized spacial score (nSPS) is 30.7. The molecule has 2 aromatic rings. The van der Waals surface area contributed by atoms with E-state index in [9.17, 15) is 19.5 Å². The van der Waals surface area contributed by atoms with Crippen LogP contribution in [0.1, 0.15) is 71.0 Å². The molecule has 2 fully saturated rings. The van der Waals surface area contributed by atoms with Gasteiger partial charge in [-0.15, -0.1) is 0 Å². The van der Waals surface area contributed by atoms with Crippen molar-refractivity contribution in [3.63, 3.8) is 0 Å². The average molecular weight is 554 g/mol. The molecule has 40 heavy (non-hydrogen) atoms. The zero-order chi connectivity index (χ0) is 28.7. The molecule has 3 unspecified atom stereocenters. The lowest BCUT2D eigenvalue weighted by Gasteiger charge is -2.54. The van der Waals surface area contributed by atoms with Crippen LogP contribution in [0.4, 0.5) is 0 Å². The molecule has 0 saturated carbocycles. The van der Waals surface area contributed by atoms with Gasteiger partial charge in [-0.05, 0) is 51.5 Å². The second kappa shape index (κ2) is 9.05. The highest BCUT2D eigenvalue weighted by Gasteiger charge is 2.64. The summed E-state index contributed by atoms with van der Waals surface area (Å²) in [7, 11) is 1.59. The van der Waals surface area contributed by atoms with Gasteiger partial charge in [0.25, 0.3) is 5.91 Å². The van der Waals surface area contributed by atoms with Crippen LogP contribution in [0.2, 0.25) is 0 Å². The number of carbonyl (C=O) groups is 3. The minimum Gasteiger partial charge on any atom is -0.497 e. The maximum absolute atomic E-state index is 14.2. The lowest BCUT2D eigenvalue weighted by molar-refractivity contribution is -0.390. The summed E-state index contributed by atoms with van der Waals surface area (Å²) in [5, 5.41) is 13.0. The van der Waals surface area contributed by atoms with Gasteiger partial charge in [0, 0.05) is 43.3 Å². The van der Waals surface area contributed by atoms with E-state index in [-0.39, 0.29) is 31.7 Å². The Hall–Kier alpha value is -3.41. The summed E-state index contributed by atoms with van der Waals surface area (Å²) in [5.74, 6) is -0.786. The van der Waals surface area contributed by atoms with E-state index < -0.39 is 47.6 Å². The number of aromatic nitrogens is 1. The highest BCUT2D eigenvalue weighted by atomic mass is 17.2. The van der Waals surface area contributed by atoms with Crippen molar-refractivity contribution in [1.82, 2.24) is 14.4 Å². The van der Waals surface area contributed by atoms with E-state index in [4.69, 9.17) is 19.2 Å². The first kappa shape index (κ1) is 26.8. The Morgan fingerprint density at radius 3 is 2.60 bits per heavy atom. The molecule has 1 aromatic carbocycles. The Balaban J connectivity index is 1.59. The first-order valence-corrected chi connectivity index (χ1v) is 13.6. The molecule has 4 aliphatic rings. The second-order valence-corrected chi connectivity index (χ2v) is 12.1. The Bertz CT molecular complexity index is 1460. The molecular formula is C29H35N3O8. The van der Waals surface area contributed by atoms with Crippen LogP contribution in [0, 0.1) is 0 Å². The molecule has 5 heterocycles. The third kappa shape index (κ3) is 3.93. The summed E-state index contributed by atoms with van der Waals surface area (Å²) in [6.07, 6.45) is 0.991. The monoisotopic (exact) mass is 553 g/mol. The molecule has 2 saturated heterocycles. The molecule has 0 radical (unpaired) electrons. The van der Waals surface area contributed by atoms with Crippen molar-refractivity contribution in [3.8, 4) is 5.75 Å². The van der Waals surface area contributed by atoms with Crippen molar-refractivity contribution in [2.75, 3.05) is 13.7 Å². The molecule has 0 aliphatic carbocycles. The number of piperazine rings is 1. The van der Waals surface area contributed by atoms with E-state index in [1.807, 2.05) is 56.5 Å². The van der Waals surface area contributed by atoms with Crippen LogP contribution < -0.4 is 4.74 Å². The van der Waals surface area contributed by atoms with Gasteiger partial charge in [0.2, 0.25) is 11.6 Å². The number of hydrogen-bond donors (Lipinski definition) is 1. The van der Waals surface area contributed by atoms with Crippen LogP contribution in [0.15, 0.2) is 29.8 Å². The molecule has 1 N–H and O–H groups in total. The Morgan fingerprint density at radius 1 is 1.18 bits per heavy atom. The molecule has 6 rings (SSSR count). The van der Waals surface area contributed by atoms with Gasteiger partial charge in [0.05, 0.1) is 25.2 Å². The third-order valence-corrected chi connectivity index (χ3v) is 8.32. The molecule has 2 amide bonds. The van der Waals surface area contributed by atoms with Gasteiger partial charge in [-0.2, -0.15) is 0 Å². The molecule has 0 bridgehead atoms. The molecule has 5 atom stereocenters. The highest BCUT2D eigenvalue weighted by molar-refractivity contribution is 6.01. The Labute approximate surface area is 232 Å². The van der Waals surface area contributed by atoms with Gasteiger partial charge in [0.1, 0.15) is 23.5 Å². The maximum atomic E-state index is 14.2. The second-order valence-electron chi connectivity index (χ2n) is 12.1. The summed E-state index contributed by atoms with van der Waals surface area (Å²) < 4.78 is 12.9. The molecule has 11 heteroatoms. The van der Waals surface area contributed by atoms with Crippen molar-refractivity contribution in [2.45, 2.75) is 89.6 Å². The molecule has 11 nitrogen and oxygen atoms in total. The predicted octanol–water partition coefficient (Wildman–Crippen LogP) is 2.91. The fraction of sp³-hybridized carbons (Fsp3) is 0.552. The maximum Gasteiger partial charge on any atom is 0.302 e. The van der Waals surface area contributed by atoms with Gasteiger partial charge in [-0.25, -0.2) is 9.78 Å². The Kier molecular flexibility index (Phi) is 6.06. The van der Waals surface area contributed by atoms with Gasteiger partial charge in [0.15, 0.2) is 6.23 Å². The molecule has 4 aliphatic heterocycles. The number of carbonyl (C=O) groups excluding carboxylic acids is 3. The first-order valence-electron chi connectivity index (χ1n) is 13.6. The van der Waals surface area contributed by atoms with Crippen molar-refractivity contribution < 1.29 is 38.7 Å². The molecule has 1 aromatic heterocycles. The van der Waals surface area contributed by atoms with Crippen LogP contribution in [-0.2, 0) is 35.3 Å². The topological polar surface area (TPSA) is 120 Å². The van der Waals surface area contributed by atoms with Gasteiger partial charge < -0.3 is 24.0 Å². The first-order chi connectivity index (χ1) is 18.8. The van der Waals surface area contributed by atoms with E-state index in [0.29, 0.717) is 5.75 Å². The number of fused-ring (bicyclic) bond motifs is 6. The summed E-state index contributed by atoms with van der Waals surface area (Å²) in [6.45, 7) is 9.00. The summed E-state index contributed by atoms with van der Waals surface area (Å²) in [4.78, 5) is 54.7. The number of methoxy groups -OCH3 is 1. The van der Waals surface area contributed by atoms with E-state index in [1.54, 1.807) is 7.11 Å². The molecular weight excluding hydrogens is 518 g/mol. The quantitative estimate of drug-likeness (QED) is 0.350. The minimum absolute atomic E-state index is 0.0620. The zero-order valence-corrected chi connectivity index (χ0v) is 23.6. The number of hydrogen-bond acceptors (Lipinski definition) is 8. The van der Waals surface area contributed by atoms with E-state index in [0.717, 1.165) is 27.7 Å². The number of allylic oxidation sites excluding steroid dienone is 1. The number of ether oxygens (including phenoxy) is 2. The van der Waals surface area contributed by atoms with Crippen molar-refractivity contribution in [3.05, 3.63) is 41.1 Å². The number of nitrogens with zero attached hydrogens (tertiary/aromatic N) is 3. The summed E-state index contributed by atoms with van der Waals surface area (Å²) in [6, 6.07) is 4.10.